The van der Waals surface area contributed by atoms with Crippen molar-refractivity contribution < 1.29 is 9.47 Å². The van der Waals surface area contributed by atoms with Crippen LogP contribution in [0, 0.1) is 0 Å². The molecule has 47 heavy (non-hydrogen) atoms. The van der Waals surface area contributed by atoms with E-state index in [1.807, 2.05) is 24.3 Å². The van der Waals surface area contributed by atoms with Crippen molar-refractivity contribution in [1.82, 2.24) is 9.13 Å². The second kappa shape index (κ2) is 9.05. The van der Waals surface area contributed by atoms with Crippen LogP contribution in [-0.4, -0.2) is 9.13 Å². The van der Waals surface area contributed by atoms with Crippen molar-refractivity contribution in [3.05, 3.63) is 152 Å². The number of hydrogen-bond donors (Lipinski definition) is 0. The first-order chi connectivity index (χ1) is 23.3. The summed E-state index contributed by atoms with van der Waals surface area (Å²) in [6.07, 6.45) is 0. The molecule has 220 valence electrons. The Labute approximate surface area is 269 Å². The van der Waals surface area contributed by atoms with Crippen LogP contribution in [0.3, 0.4) is 0 Å². The molecule has 0 atom stereocenters. The molecule has 0 amide bonds. The lowest BCUT2D eigenvalue weighted by Gasteiger charge is -2.38. The largest absolute Gasteiger partial charge is 0.453 e. The molecular weight excluding hydrogens is 578 g/mol. The fourth-order valence-corrected chi connectivity index (χ4v) is 7.72. The van der Waals surface area contributed by atoms with Crippen LogP contribution in [0.5, 0.6) is 23.0 Å². The van der Waals surface area contributed by atoms with Gasteiger partial charge in [-0.3, -0.25) is 4.90 Å². The first-order valence-corrected chi connectivity index (χ1v) is 15.9. The van der Waals surface area contributed by atoms with Crippen LogP contribution in [-0.2, 0) is 0 Å². The number of rotatable bonds is 2. The minimum absolute atomic E-state index is 0.773. The predicted octanol–water partition coefficient (Wildman–Crippen LogP) is 11.6. The highest BCUT2D eigenvalue weighted by Crippen LogP contribution is 2.62. The smallest absolute Gasteiger partial charge is 0.180 e. The van der Waals surface area contributed by atoms with Crippen molar-refractivity contribution in [2.75, 3.05) is 4.90 Å². The van der Waals surface area contributed by atoms with Gasteiger partial charge in [-0.15, -0.1) is 0 Å². The molecule has 11 rings (SSSR count). The van der Waals surface area contributed by atoms with Crippen molar-refractivity contribution in [3.8, 4) is 34.4 Å². The van der Waals surface area contributed by atoms with Gasteiger partial charge >= 0.3 is 0 Å². The highest BCUT2D eigenvalue weighted by Gasteiger charge is 2.37. The number of para-hydroxylation sites is 7. The van der Waals surface area contributed by atoms with Crippen molar-refractivity contribution >= 4 is 60.7 Å². The van der Waals surface area contributed by atoms with Gasteiger partial charge in [-0.2, -0.15) is 0 Å². The molecule has 0 radical (unpaired) electrons. The molecule has 5 nitrogen and oxygen atoms in total. The van der Waals surface area contributed by atoms with E-state index >= 15 is 0 Å². The van der Waals surface area contributed by atoms with Crippen molar-refractivity contribution in [2.24, 2.45) is 0 Å². The van der Waals surface area contributed by atoms with Gasteiger partial charge in [0.05, 0.1) is 33.4 Å². The molecule has 9 aromatic rings. The maximum Gasteiger partial charge on any atom is 0.180 e. The summed E-state index contributed by atoms with van der Waals surface area (Å²) < 4.78 is 18.3. The Bertz CT molecular complexity index is 2690. The van der Waals surface area contributed by atoms with Gasteiger partial charge in [0.1, 0.15) is 5.69 Å². The summed E-state index contributed by atoms with van der Waals surface area (Å²) in [6, 6.07) is 53.3. The molecular formula is C42H25N3O2. The normalized spacial score (nSPS) is 13.0. The maximum atomic E-state index is 6.91. The number of nitrogens with zero attached hydrogens (tertiary/aromatic N) is 3. The zero-order chi connectivity index (χ0) is 30.6. The number of benzene rings is 7. The van der Waals surface area contributed by atoms with E-state index in [0.717, 1.165) is 73.2 Å². The lowest BCUT2D eigenvalue weighted by atomic mass is 10.0. The Hall–Kier alpha value is -6.46. The van der Waals surface area contributed by atoms with E-state index in [-0.39, 0.29) is 0 Å². The highest BCUT2D eigenvalue weighted by molar-refractivity contribution is 6.17. The van der Waals surface area contributed by atoms with Crippen LogP contribution in [0.1, 0.15) is 0 Å². The van der Waals surface area contributed by atoms with Crippen LogP contribution >= 0.6 is 0 Å². The highest BCUT2D eigenvalue weighted by atomic mass is 16.5. The molecule has 0 aliphatic carbocycles. The van der Waals surface area contributed by atoms with Crippen molar-refractivity contribution in [1.29, 1.82) is 0 Å². The van der Waals surface area contributed by atoms with E-state index in [2.05, 4.69) is 141 Å². The molecule has 0 bridgehead atoms. The summed E-state index contributed by atoms with van der Waals surface area (Å²) >= 11 is 0. The average Bonchev–Trinajstić information content (AvgIpc) is 3.64. The first kappa shape index (κ1) is 24.8. The quantitative estimate of drug-likeness (QED) is 0.197. The fraction of sp³-hybridized carbons (Fsp3) is 0. The molecule has 0 N–H and O–H groups in total. The zero-order valence-corrected chi connectivity index (χ0v) is 25.1. The van der Waals surface area contributed by atoms with Gasteiger partial charge < -0.3 is 18.6 Å². The summed E-state index contributed by atoms with van der Waals surface area (Å²) in [6.45, 7) is 0. The molecule has 0 saturated carbocycles. The SMILES string of the molecule is c1ccc(-n2c3ccc(-n4c5ccccc5c5ccccc54)cc3c3cc4c5c(c32)Oc2ccccc2N5c2ccccc2O4)cc1. The molecule has 2 aromatic heterocycles. The second-order valence-electron chi connectivity index (χ2n) is 12.2. The van der Waals surface area contributed by atoms with Crippen LogP contribution < -0.4 is 14.4 Å². The van der Waals surface area contributed by atoms with Gasteiger partial charge in [0, 0.05) is 32.9 Å². The average molecular weight is 604 g/mol. The van der Waals surface area contributed by atoms with Gasteiger partial charge in [0.15, 0.2) is 23.0 Å². The minimum Gasteiger partial charge on any atom is -0.453 e. The molecule has 4 heterocycles. The van der Waals surface area contributed by atoms with Crippen molar-refractivity contribution in [3.63, 3.8) is 0 Å². The van der Waals surface area contributed by atoms with Gasteiger partial charge in [-0.05, 0) is 72.8 Å². The van der Waals surface area contributed by atoms with E-state index < -0.39 is 0 Å². The Kier molecular flexibility index (Phi) is 4.78. The van der Waals surface area contributed by atoms with E-state index in [1.54, 1.807) is 0 Å². The lowest BCUT2D eigenvalue weighted by Crippen LogP contribution is -2.20. The summed E-state index contributed by atoms with van der Waals surface area (Å²) in [5.41, 5.74) is 9.54. The standard InChI is InChI=1S/C42H25N3O2/c1-2-12-26(13-3-1)44-34-23-22-27(43-32-16-6-4-14-28(32)29-15-5-7-17-33(29)43)24-30(34)31-25-39-41-42(40(31)44)47-38-21-11-9-19-36(38)45(41)35-18-8-10-20-37(35)46-39/h1-25H. The van der Waals surface area contributed by atoms with Crippen molar-refractivity contribution in [2.45, 2.75) is 0 Å². The Morgan fingerprint density at radius 3 is 1.70 bits per heavy atom. The van der Waals surface area contributed by atoms with Crippen LogP contribution in [0.25, 0.3) is 55.0 Å². The minimum atomic E-state index is 0.773. The molecule has 0 unspecified atom stereocenters. The van der Waals surface area contributed by atoms with E-state index in [4.69, 9.17) is 9.47 Å². The maximum absolute atomic E-state index is 6.91. The summed E-state index contributed by atoms with van der Waals surface area (Å²) in [5, 5.41) is 4.68. The third-order valence-corrected chi connectivity index (χ3v) is 9.65. The Morgan fingerprint density at radius 2 is 0.979 bits per heavy atom. The van der Waals surface area contributed by atoms with Crippen LogP contribution in [0.4, 0.5) is 17.1 Å². The first-order valence-electron chi connectivity index (χ1n) is 15.9. The number of hydrogen-bond acceptors (Lipinski definition) is 3. The fourth-order valence-electron chi connectivity index (χ4n) is 7.72. The van der Waals surface area contributed by atoms with Crippen LogP contribution in [0.2, 0.25) is 0 Å². The Morgan fingerprint density at radius 1 is 0.383 bits per heavy atom. The van der Waals surface area contributed by atoms with Crippen LogP contribution in [0.15, 0.2) is 152 Å². The summed E-state index contributed by atoms with van der Waals surface area (Å²) in [5.74, 6) is 3.19. The van der Waals surface area contributed by atoms with Gasteiger partial charge in [-0.1, -0.05) is 78.9 Å². The molecule has 2 aliphatic heterocycles. The third-order valence-electron chi connectivity index (χ3n) is 9.65. The van der Waals surface area contributed by atoms with Gasteiger partial charge in [0.25, 0.3) is 0 Å². The molecule has 5 heteroatoms. The number of ether oxygens (including phenoxy) is 2. The summed E-state index contributed by atoms with van der Waals surface area (Å²) in [4.78, 5) is 2.29. The van der Waals surface area contributed by atoms with E-state index in [1.165, 1.54) is 21.8 Å². The van der Waals surface area contributed by atoms with E-state index in [9.17, 15) is 0 Å². The third kappa shape index (κ3) is 3.27. The van der Waals surface area contributed by atoms with Gasteiger partial charge in [0.2, 0.25) is 0 Å². The number of aromatic nitrogens is 2. The molecule has 2 aliphatic rings. The Balaban J connectivity index is 1.28. The number of fused-ring (bicyclic) bond motifs is 11. The second-order valence-corrected chi connectivity index (χ2v) is 12.2. The molecule has 0 fully saturated rings. The molecule has 7 aromatic carbocycles. The lowest BCUT2D eigenvalue weighted by molar-refractivity contribution is 0.449. The monoisotopic (exact) mass is 603 g/mol. The predicted molar refractivity (Wildman–Crippen MR) is 190 cm³/mol. The zero-order valence-electron chi connectivity index (χ0n) is 25.1. The summed E-state index contributed by atoms with van der Waals surface area (Å²) in [7, 11) is 0. The van der Waals surface area contributed by atoms with Gasteiger partial charge in [-0.25, -0.2) is 0 Å². The van der Waals surface area contributed by atoms with E-state index in [0.29, 0.717) is 0 Å². The number of anilines is 3. The molecule has 0 spiro atoms. The topological polar surface area (TPSA) is 31.6 Å². The molecule has 0 saturated heterocycles.